The van der Waals surface area contributed by atoms with Crippen LogP contribution in [0.2, 0.25) is 5.02 Å². The number of carbonyl (C=O) groups excluding carboxylic acids is 3. The predicted molar refractivity (Wildman–Crippen MR) is 130 cm³/mol. The van der Waals surface area contributed by atoms with Crippen LogP contribution in [0.25, 0.3) is 5.76 Å². The summed E-state index contributed by atoms with van der Waals surface area (Å²) in [5.41, 5.74) is 2.54. The second-order valence-electron chi connectivity index (χ2n) is 8.19. The van der Waals surface area contributed by atoms with Gasteiger partial charge in [0.25, 0.3) is 11.7 Å². The standard InChI is InChI=1S/C26H24ClN3O5/c1-4-35-26(34)21-14(2)19(15(3)29-21)23(31)20-22(17-8-5-9-18(27)11-17)30(25(33)24(20)32)13-16-7-6-10-28-12-16/h5-12,22,29,31H,4,13H2,1-3H3/t22-/m1/s1. The number of aromatic nitrogens is 2. The number of benzene rings is 1. The van der Waals surface area contributed by atoms with Gasteiger partial charge in [-0.2, -0.15) is 0 Å². The first-order chi connectivity index (χ1) is 16.7. The van der Waals surface area contributed by atoms with E-state index in [0.29, 0.717) is 21.8 Å². The SMILES string of the molecule is CCOC(=O)c1[nH]c(C)c(C(O)=C2C(=O)C(=O)N(Cc3cccnc3)[C@@H]2c2cccc(Cl)c2)c1C. The van der Waals surface area contributed by atoms with E-state index in [1.807, 2.05) is 0 Å². The van der Waals surface area contributed by atoms with Crippen LogP contribution in [0.15, 0.2) is 54.4 Å². The Morgan fingerprint density at radius 3 is 2.66 bits per heavy atom. The van der Waals surface area contributed by atoms with Crippen LogP contribution in [0.3, 0.4) is 0 Å². The van der Waals surface area contributed by atoms with Gasteiger partial charge in [-0.25, -0.2) is 4.79 Å². The van der Waals surface area contributed by atoms with Gasteiger partial charge in [-0.3, -0.25) is 14.6 Å². The molecule has 1 aliphatic rings. The van der Waals surface area contributed by atoms with Crippen LogP contribution in [-0.2, 0) is 20.9 Å². The van der Waals surface area contributed by atoms with Crippen LogP contribution in [0.4, 0.5) is 0 Å². The number of hydrogen-bond acceptors (Lipinski definition) is 6. The number of nitrogens with zero attached hydrogens (tertiary/aromatic N) is 2. The van der Waals surface area contributed by atoms with Gasteiger partial charge in [0.05, 0.1) is 18.2 Å². The third kappa shape index (κ3) is 4.44. The van der Waals surface area contributed by atoms with Crippen molar-refractivity contribution in [1.82, 2.24) is 14.9 Å². The Balaban J connectivity index is 1.90. The van der Waals surface area contributed by atoms with Crippen molar-refractivity contribution in [3.63, 3.8) is 0 Å². The fourth-order valence-electron chi connectivity index (χ4n) is 4.40. The highest BCUT2D eigenvalue weighted by Gasteiger charge is 2.46. The molecule has 1 fully saturated rings. The molecular formula is C26H24ClN3O5. The van der Waals surface area contributed by atoms with E-state index in [1.165, 1.54) is 4.90 Å². The van der Waals surface area contributed by atoms with E-state index >= 15 is 0 Å². The van der Waals surface area contributed by atoms with E-state index in [1.54, 1.807) is 69.6 Å². The number of likely N-dealkylation sites (tertiary alicyclic amines) is 1. The average Bonchev–Trinajstić information content (AvgIpc) is 3.27. The molecule has 0 radical (unpaired) electrons. The van der Waals surface area contributed by atoms with Crippen molar-refractivity contribution in [1.29, 1.82) is 0 Å². The number of nitrogens with one attached hydrogen (secondary N) is 1. The lowest BCUT2D eigenvalue weighted by Crippen LogP contribution is -2.29. The highest BCUT2D eigenvalue weighted by molar-refractivity contribution is 6.46. The van der Waals surface area contributed by atoms with Crippen molar-refractivity contribution in [2.75, 3.05) is 6.61 Å². The Kier molecular flexibility index (Phi) is 6.75. The average molecular weight is 494 g/mol. The van der Waals surface area contributed by atoms with E-state index in [4.69, 9.17) is 16.3 Å². The molecule has 3 aromatic rings. The maximum atomic E-state index is 13.3. The summed E-state index contributed by atoms with van der Waals surface area (Å²) in [4.78, 5) is 47.3. The number of aryl methyl sites for hydroxylation is 1. The van der Waals surface area contributed by atoms with Gasteiger partial charge >= 0.3 is 5.97 Å². The molecule has 4 rings (SSSR count). The molecule has 180 valence electrons. The van der Waals surface area contributed by atoms with Crippen molar-refractivity contribution in [3.05, 3.63) is 93.0 Å². The molecule has 1 aromatic carbocycles. The summed E-state index contributed by atoms with van der Waals surface area (Å²) in [6.07, 6.45) is 3.23. The Morgan fingerprint density at radius 2 is 2.00 bits per heavy atom. The highest BCUT2D eigenvalue weighted by Crippen LogP contribution is 2.42. The Morgan fingerprint density at radius 1 is 1.23 bits per heavy atom. The number of aliphatic hydroxyl groups is 1. The number of H-pyrrole nitrogens is 1. The molecule has 1 saturated heterocycles. The smallest absolute Gasteiger partial charge is 0.355 e. The molecule has 35 heavy (non-hydrogen) atoms. The van der Waals surface area contributed by atoms with Crippen molar-refractivity contribution < 1.29 is 24.2 Å². The largest absolute Gasteiger partial charge is 0.507 e. The predicted octanol–water partition coefficient (Wildman–Crippen LogP) is 4.48. The minimum atomic E-state index is -0.895. The molecule has 0 spiro atoms. The lowest BCUT2D eigenvalue weighted by molar-refractivity contribution is -0.140. The molecule has 3 heterocycles. The van der Waals surface area contributed by atoms with E-state index in [2.05, 4.69) is 9.97 Å². The minimum Gasteiger partial charge on any atom is -0.507 e. The Hall–Kier alpha value is -3.91. The monoisotopic (exact) mass is 493 g/mol. The van der Waals surface area contributed by atoms with E-state index < -0.39 is 23.7 Å². The molecule has 8 nitrogen and oxygen atoms in total. The van der Waals surface area contributed by atoms with Crippen molar-refractivity contribution in [3.8, 4) is 0 Å². The molecule has 1 atom stereocenters. The highest BCUT2D eigenvalue weighted by atomic mass is 35.5. The first kappa shape index (κ1) is 24.2. The number of ether oxygens (including phenoxy) is 1. The zero-order chi connectivity index (χ0) is 25.3. The molecule has 2 N–H and O–H groups in total. The van der Waals surface area contributed by atoms with Crippen molar-refractivity contribution in [2.24, 2.45) is 0 Å². The maximum absolute atomic E-state index is 13.3. The van der Waals surface area contributed by atoms with Crippen molar-refractivity contribution in [2.45, 2.75) is 33.4 Å². The third-order valence-electron chi connectivity index (χ3n) is 5.93. The van der Waals surface area contributed by atoms with Gasteiger partial charge in [0.2, 0.25) is 0 Å². The van der Waals surface area contributed by atoms with Gasteiger partial charge in [-0.05, 0) is 55.7 Å². The molecule has 0 unspecified atom stereocenters. The Labute approximate surface area is 207 Å². The number of rotatable bonds is 6. The van der Waals surface area contributed by atoms with Crippen LogP contribution >= 0.6 is 11.6 Å². The summed E-state index contributed by atoms with van der Waals surface area (Å²) in [6, 6.07) is 9.44. The zero-order valence-electron chi connectivity index (χ0n) is 19.5. The summed E-state index contributed by atoms with van der Waals surface area (Å²) in [7, 11) is 0. The van der Waals surface area contributed by atoms with Crippen LogP contribution in [0, 0.1) is 13.8 Å². The van der Waals surface area contributed by atoms with Gasteiger partial charge in [-0.1, -0.05) is 29.8 Å². The number of Topliss-reactive ketones (excluding diaryl/α,β-unsaturated/α-hetero) is 1. The molecule has 1 amide bonds. The molecule has 0 bridgehead atoms. The summed E-state index contributed by atoms with van der Waals surface area (Å²) in [6.45, 7) is 5.30. The van der Waals surface area contributed by atoms with E-state index in [-0.39, 0.29) is 35.7 Å². The third-order valence-corrected chi connectivity index (χ3v) is 6.17. The number of pyridine rings is 1. The van der Waals surface area contributed by atoms with Crippen molar-refractivity contribution >= 4 is 35.0 Å². The summed E-state index contributed by atoms with van der Waals surface area (Å²) >= 11 is 6.23. The normalized spacial score (nSPS) is 17.1. The fraction of sp³-hybridized carbons (Fsp3) is 0.231. The van der Waals surface area contributed by atoms with Crippen LogP contribution in [0.5, 0.6) is 0 Å². The molecule has 0 saturated carbocycles. The second-order valence-corrected chi connectivity index (χ2v) is 8.63. The molecule has 1 aliphatic heterocycles. The van der Waals surface area contributed by atoms with E-state index in [9.17, 15) is 19.5 Å². The molecular weight excluding hydrogens is 470 g/mol. The van der Waals surface area contributed by atoms with Gasteiger partial charge in [-0.15, -0.1) is 0 Å². The number of hydrogen-bond donors (Lipinski definition) is 2. The minimum absolute atomic E-state index is 0.0817. The molecule has 2 aromatic heterocycles. The van der Waals surface area contributed by atoms with Gasteiger partial charge in [0.15, 0.2) is 0 Å². The van der Waals surface area contributed by atoms with Gasteiger partial charge in [0.1, 0.15) is 11.5 Å². The van der Waals surface area contributed by atoms with Crippen LogP contribution in [0.1, 0.15) is 51.4 Å². The lowest BCUT2D eigenvalue weighted by atomic mass is 9.94. The number of halogens is 1. The zero-order valence-corrected chi connectivity index (χ0v) is 20.2. The van der Waals surface area contributed by atoms with E-state index in [0.717, 1.165) is 5.56 Å². The van der Waals surface area contributed by atoms with Gasteiger partial charge in [0, 0.05) is 35.2 Å². The lowest BCUT2D eigenvalue weighted by Gasteiger charge is -2.25. The first-order valence-electron chi connectivity index (χ1n) is 11.0. The summed E-state index contributed by atoms with van der Waals surface area (Å²) in [5, 5.41) is 11.9. The quantitative estimate of drug-likeness (QED) is 0.226. The number of amides is 1. The topological polar surface area (TPSA) is 113 Å². The number of ketones is 1. The summed E-state index contributed by atoms with van der Waals surface area (Å²) < 4.78 is 5.09. The number of aliphatic hydroxyl groups excluding tert-OH is 1. The molecule has 0 aliphatic carbocycles. The van der Waals surface area contributed by atoms with Gasteiger partial charge < -0.3 is 19.7 Å². The van der Waals surface area contributed by atoms with Crippen LogP contribution < -0.4 is 0 Å². The summed E-state index contributed by atoms with van der Waals surface area (Å²) in [5.74, 6) is -2.52. The fourth-order valence-corrected chi connectivity index (χ4v) is 4.60. The number of esters is 1. The first-order valence-corrected chi connectivity index (χ1v) is 11.4. The number of carbonyl (C=O) groups is 3. The molecule has 9 heteroatoms. The van der Waals surface area contributed by atoms with Crippen LogP contribution in [-0.4, -0.2) is 44.2 Å². The Bertz CT molecular complexity index is 1350. The number of aromatic amines is 1. The maximum Gasteiger partial charge on any atom is 0.355 e. The second kappa shape index (κ2) is 9.76.